The summed E-state index contributed by atoms with van der Waals surface area (Å²) in [5.41, 5.74) is 6.77. The molecule has 0 amide bonds. The van der Waals surface area contributed by atoms with E-state index in [9.17, 15) is 0 Å². The molecule has 0 unspecified atom stereocenters. The Labute approximate surface area is 186 Å². The molecule has 5 aromatic rings. The topological polar surface area (TPSA) is 68.6 Å². The van der Waals surface area contributed by atoms with Gasteiger partial charge in [0.05, 0.1) is 24.5 Å². The first-order valence-corrected chi connectivity index (χ1v) is 10.4. The number of hydrogen-bond donors (Lipinski definition) is 1. The molecule has 6 nitrogen and oxygen atoms in total. The van der Waals surface area contributed by atoms with E-state index in [0.717, 1.165) is 44.3 Å². The van der Waals surface area contributed by atoms with E-state index in [1.807, 2.05) is 24.7 Å². The monoisotopic (exact) mass is 421 g/mol. The molecule has 0 radical (unpaired) electrons. The van der Waals surface area contributed by atoms with Crippen LogP contribution in [0.25, 0.3) is 33.2 Å². The van der Waals surface area contributed by atoms with Gasteiger partial charge < -0.3 is 14.3 Å². The van der Waals surface area contributed by atoms with E-state index >= 15 is 0 Å². The van der Waals surface area contributed by atoms with E-state index in [2.05, 4.69) is 81.4 Å². The molecule has 0 spiro atoms. The second kappa shape index (κ2) is 7.54. The molecule has 0 aliphatic heterocycles. The average Bonchev–Trinajstić information content (AvgIpc) is 3.41. The Balaban J connectivity index is 1.57. The molecule has 6 heteroatoms. The fourth-order valence-corrected chi connectivity index (χ4v) is 3.76. The van der Waals surface area contributed by atoms with Gasteiger partial charge in [-0.2, -0.15) is 0 Å². The van der Waals surface area contributed by atoms with Gasteiger partial charge in [-0.15, -0.1) is 0 Å². The van der Waals surface area contributed by atoms with Crippen molar-refractivity contribution >= 4 is 22.1 Å². The van der Waals surface area contributed by atoms with Crippen LogP contribution in [-0.4, -0.2) is 31.6 Å². The first kappa shape index (κ1) is 19.8. The van der Waals surface area contributed by atoms with Crippen molar-refractivity contribution in [3.8, 4) is 28.8 Å². The number of nitrogens with zero attached hydrogens (tertiary/aromatic N) is 4. The maximum absolute atomic E-state index is 5.17. The van der Waals surface area contributed by atoms with Crippen molar-refractivity contribution in [2.75, 3.05) is 7.11 Å². The van der Waals surface area contributed by atoms with Gasteiger partial charge in [0.2, 0.25) is 5.88 Å². The molecule has 0 bridgehead atoms. The number of fused-ring (bicyclic) bond motifs is 2. The molecule has 0 atom stereocenters. The number of ether oxygens (including phenoxy) is 1. The lowest BCUT2D eigenvalue weighted by molar-refractivity contribution is 0.398. The fraction of sp³-hybridized carbons (Fsp3) is 0.192. The molecule has 0 aliphatic rings. The number of hydrogen-bond acceptors (Lipinski definition) is 4. The summed E-state index contributed by atoms with van der Waals surface area (Å²) in [5, 5.41) is 1.03. The van der Waals surface area contributed by atoms with Crippen molar-refractivity contribution in [3.63, 3.8) is 0 Å². The minimum absolute atomic E-state index is 0.0481. The predicted octanol–water partition coefficient (Wildman–Crippen LogP) is 5.14. The zero-order chi connectivity index (χ0) is 22.3. The van der Waals surface area contributed by atoms with Gasteiger partial charge in [0.15, 0.2) is 0 Å². The molecule has 4 heterocycles. The van der Waals surface area contributed by atoms with Crippen molar-refractivity contribution < 1.29 is 4.74 Å². The largest absolute Gasteiger partial charge is 0.481 e. The molecule has 158 valence electrons. The van der Waals surface area contributed by atoms with E-state index in [4.69, 9.17) is 4.74 Å². The third-order valence-corrected chi connectivity index (χ3v) is 5.41. The van der Waals surface area contributed by atoms with Crippen LogP contribution >= 0.6 is 0 Å². The second-order valence-corrected chi connectivity index (χ2v) is 8.65. The SMILES string of the molecule is COc1cc(C#Cc2cnc3[nH]cc(-c4ccc5ncn(C(C)(C)C)c5c4)c3c2)ccn1. The third kappa shape index (κ3) is 3.58. The number of H-pyrrole nitrogens is 1. The molecule has 0 aliphatic carbocycles. The highest BCUT2D eigenvalue weighted by molar-refractivity contribution is 5.96. The van der Waals surface area contributed by atoms with E-state index in [1.54, 1.807) is 19.5 Å². The van der Waals surface area contributed by atoms with E-state index in [1.165, 1.54) is 0 Å². The average molecular weight is 422 g/mol. The van der Waals surface area contributed by atoms with Gasteiger partial charge in [0.25, 0.3) is 0 Å². The van der Waals surface area contributed by atoms with Crippen LogP contribution < -0.4 is 4.74 Å². The lowest BCUT2D eigenvalue weighted by Gasteiger charge is -2.21. The van der Waals surface area contributed by atoms with Gasteiger partial charge in [-0.05, 0) is 50.6 Å². The summed E-state index contributed by atoms with van der Waals surface area (Å²) in [6.07, 6.45) is 7.38. The normalized spacial score (nSPS) is 11.5. The predicted molar refractivity (Wildman–Crippen MR) is 127 cm³/mol. The second-order valence-electron chi connectivity index (χ2n) is 8.65. The van der Waals surface area contributed by atoms with E-state index in [-0.39, 0.29) is 5.54 Å². The van der Waals surface area contributed by atoms with Crippen LogP contribution in [0.1, 0.15) is 31.9 Å². The highest BCUT2D eigenvalue weighted by atomic mass is 16.5. The van der Waals surface area contributed by atoms with Gasteiger partial charge in [-0.3, -0.25) is 0 Å². The van der Waals surface area contributed by atoms with Crippen LogP contribution in [0.3, 0.4) is 0 Å². The van der Waals surface area contributed by atoms with Gasteiger partial charge in [-0.1, -0.05) is 17.9 Å². The van der Waals surface area contributed by atoms with Crippen molar-refractivity contribution in [1.29, 1.82) is 0 Å². The van der Waals surface area contributed by atoms with Crippen LogP contribution in [0.4, 0.5) is 0 Å². The fourth-order valence-electron chi connectivity index (χ4n) is 3.76. The summed E-state index contributed by atoms with van der Waals surface area (Å²) in [6, 6.07) is 12.1. The summed E-state index contributed by atoms with van der Waals surface area (Å²) >= 11 is 0. The first-order chi connectivity index (χ1) is 15.4. The standard InChI is InChI=1S/C26H23N5O/c1-26(2,3)31-16-30-22-8-7-19(13-23(22)31)21-15-29-25-20(21)11-18(14-28-25)6-5-17-9-10-27-24(12-17)32-4/h7-16H,1-4H3,(H,28,29). The highest BCUT2D eigenvalue weighted by Gasteiger charge is 2.17. The molecular weight excluding hydrogens is 398 g/mol. The molecule has 1 N–H and O–H groups in total. The molecule has 1 aromatic carbocycles. The number of aromatic nitrogens is 5. The number of imidazole rings is 1. The number of aromatic amines is 1. The van der Waals surface area contributed by atoms with Gasteiger partial charge in [0, 0.05) is 52.3 Å². The van der Waals surface area contributed by atoms with Gasteiger partial charge >= 0.3 is 0 Å². The van der Waals surface area contributed by atoms with Crippen molar-refractivity contribution in [3.05, 3.63) is 72.4 Å². The third-order valence-electron chi connectivity index (χ3n) is 5.41. The molecule has 0 saturated heterocycles. The number of methoxy groups -OCH3 is 1. The van der Waals surface area contributed by atoms with Gasteiger partial charge in [0.1, 0.15) is 5.65 Å². The first-order valence-electron chi connectivity index (χ1n) is 10.4. The van der Waals surface area contributed by atoms with E-state index < -0.39 is 0 Å². The van der Waals surface area contributed by atoms with Crippen LogP contribution in [0, 0.1) is 11.8 Å². The Morgan fingerprint density at radius 1 is 0.969 bits per heavy atom. The highest BCUT2D eigenvalue weighted by Crippen LogP contribution is 2.31. The Hall–Kier alpha value is -4.11. The summed E-state index contributed by atoms with van der Waals surface area (Å²) in [7, 11) is 1.59. The van der Waals surface area contributed by atoms with Crippen molar-refractivity contribution in [2.24, 2.45) is 0 Å². The van der Waals surface area contributed by atoms with Crippen molar-refractivity contribution in [2.45, 2.75) is 26.3 Å². The number of pyridine rings is 2. The summed E-state index contributed by atoms with van der Waals surface area (Å²) < 4.78 is 7.38. The maximum Gasteiger partial charge on any atom is 0.214 e. The summed E-state index contributed by atoms with van der Waals surface area (Å²) in [4.78, 5) is 16.5. The quantitative estimate of drug-likeness (QED) is 0.401. The number of rotatable bonds is 2. The zero-order valence-corrected chi connectivity index (χ0v) is 18.5. The molecule has 0 saturated carbocycles. The maximum atomic E-state index is 5.17. The molecular formula is C26H23N5O. The smallest absolute Gasteiger partial charge is 0.214 e. The van der Waals surface area contributed by atoms with E-state index in [0.29, 0.717) is 5.88 Å². The summed E-state index contributed by atoms with van der Waals surface area (Å²) in [5.74, 6) is 6.91. The summed E-state index contributed by atoms with van der Waals surface area (Å²) in [6.45, 7) is 6.54. The molecule has 0 fully saturated rings. The zero-order valence-electron chi connectivity index (χ0n) is 18.5. The minimum atomic E-state index is -0.0481. The molecule has 32 heavy (non-hydrogen) atoms. The van der Waals surface area contributed by atoms with Crippen LogP contribution in [0.15, 0.2) is 61.3 Å². The Morgan fingerprint density at radius 2 is 1.81 bits per heavy atom. The number of benzene rings is 1. The minimum Gasteiger partial charge on any atom is -0.481 e. The Bertz CT molecular complexity index is 1510. The van der Waals surface area contributed by atoms with Crippen molar-refractivity contribution in [1.82, 2.24) is 24.5 Å². The lowest BCUT2D eigenvalue weighted by Crippen LogP contribution is -2.20. The Morgan fingerprint density at radius 3 is 2.62 bits per heavy atom. The lowest BCUT2D eigenvalue weighted by atomic mass is 10.0. The van der Waals surface area contributed by atoms with Gasteiger partial charge in [-0.25, -0.2) is 15.0 Å². The van der Waals surface area contributed by atoms with Crippen LogP contribution in [0.5, 0.6) is 5.88 Å². The molecule has 4 aromatic heterocycles. The van der Waals surface area contributed by atoms with Crippen LogP contribution in [0.2, 0.25) is 0 Å². The Kier molecular flexibility index (Phi) is 4.67. The number of nitrogens with one attached hydrogen (secondary N) is 1. The van der Waals surface area contributed by atoms with Crippen LogP contribution in [-0.2, 0) is 5.54 Å². The molecule has 5 rings (SSSR count).